The summed E-state index contributed by atoms with van der Waals surface area (Å²) in [5.41, 5.74) is 6.78. The second kappa shape index (κ2) is 6.66. The van der Waals surface area contributed by atoms with Crippen LogP contribution in [-0.4, -0.2) is 35.2 Å². The Balaban J connectivity index is 2.13. The molecule has 1 heterocycles. The molecule has 0 bridgehead atoms. The first-order chi connectivity index (χ1) is 9.50. The summed E-state index contributed by atoms with van der Waals surface area (Å²) in [4.78, 5) is 2.25. The number of rotatable bonds is 4. The van der Waals surface area contributed by atoms with Gasteiger partial charge in [0.1, 0.15) is 5.82 Å². The molecule has 0 radical (unpaired) electrons. The summed E-state index contributed by atoms with van der Waals surface area (Å²) < 4.78 is 14.0. The summed E-state index contributed by atoms with van der Waals surface area (Å²) in [5, 5.41) is 9.67. The molecule has 1 aromatic rings. The average Bonchev–Trinajstić information content (AvgIpc) is 2.41. The Morgan fingerprint density at radius 2 is 1.85 bits per heavy atom. The van der Waals surface area contributed by atoms with E-state index >= 15 is 0 Å². The maximum absolute atomic E-state index is 14.0. The Morgan fingerprint density at radius 3 is 2.35 bits per heavy atom. The Bertz CT molecular complexity index is 428. The topological polar surface area (TPSA) is 49.5 Å². The number of benzene rings is 1. The summed E-state index contributed by atoms with van der Waals surface area (Å²) in [6, 6.07) is 6.66. The van der Waals surface area contributed by atoms with Crippen LogP contribution in [0.3, 0.4) is 0 Å². The minimum Gasteiger partial charge on any atom is -0.393 e. The number of hydrogen-bond donors (Lipinski definition) is 2. The van der Waals surface area contributed by atoms with Crippen LogP contribution in [0.15, 0.2) is 24.3 Å². The molecule has 2 rings (SSSR count). The van der Waals surface area contributed by atoms with Crippen LogP contribution >= 0.6 is 0 Å². The number of aliphatic hydroxyl groups is 1. The van der Waals surface area contributed by atoms with E-state index in [0.717, 1.165) is 25.9 Å². The Labute approximate surface area is 120 Å². The number of nitrogens with zero attached hydrogens (tertiary/aromatic N) is 1. The van der Waals surface area contributed by atoms with Gasteiger partial charge in [0.15, 0.2) is 0 Å². The second-order valence-electron chi connectivity index (χ2n) is 5.94. The molecular formula is C16H25FN2O. The van der Waals surface area contributed by atoms with Crippen LogP contribution in [0.1, 0.15) is 38.3 Å². The number of piperidine rings is 1. The van der Waals surface area contributed by atoms with Gasteiger partial charge in [-0.2, -0.15) is 0 Å². The van der Waals surface area contributed by atoms with Crippen molar-refractivity contribution in [2.24, 2.45) is 11.7 Å². The molecule has 1 fully saturated rings. The molecule has 0 aliphatic carbocycles. The summed E-state index contributed by atoms with van der Waals surface area (Å²) in [5.74, 6) is 0.160. The highest BCUT2D eigenvalue weighted by Crippen LogP contribution is 2.31. The van der Waals surface area contributed by atoms with Gasteiger partial charge in [0.2, 0.25) is 0 Å². The van der Waals surface area contributed by atoms with Gasteiger partial charge in [-0.25, -0.2) is 4.39 Å². The SMILES string of the molecule is CC(N)C(c1ccccc1F)N1CCC(C(C)O)CC1. The first-order valence-corrected chi connectivity index (χ1v) is 7.43. The fourth-order valence-corrected chi connectivity index (χ4v) is 3.21. The highest BCUT2D eigenvalue weighted by molar-refractivity contribution is 5.23. The monoisotopic (exact) mass is 280 g/mol. The summed E-state index contributed by atoms with van der Waals surface area (Å²) >= 11 is 0. The molecule has 112 valence electrons. The number of nitrogens with two attached hydrogens (primary N) is 1. The smallest absolute Gasteiger partial charge is 0.128 e. The third-order valence-electron chi connectivity index (χ3n) is 4.37. The molecule has 3 unspecified atom stereocenters. The summed E-state index contributed by atoms with van der Waals surface area (Å²) in [6.45, 7) is 5.49. The van der Waals surface area contributed by atoms with Crippen molar-refractivity contribution >= 4 is 0 Å². The van der Waals surface area contributed by atoms with Crippen LogP contribution in [0.5, 0.6) is 0 Å². The molecular weight excluding hydrogens is 255 g/mol. The third kappa shape index (κ3) is 3.37. The maximum atomic E-state index is 14.0. The average molecular weight is 280 g/mol. The van der Waals surface area contributed by atoms with Crippen molar-refractivity contribution in [2.75, 3.05) is 13.1 Å². The quantitative estimate of drug-likeness (QED) is 0.890. The Morgan fingerprint density at radius 1 is 1.25 bits per heavy atom. The van der Waals surface area contributed by atoms with E-state index in [1.807, 2.05) is 26.0 Å². The molecule has 1 saturated heterocycles. The van der Waals surface area contributed by atoms with Gasteiger partial charge in [0, 0.05) is 11.6 Å². The van der Waals surface area contributed by atoms with Crippen molar-refractivity contribution in [3.63, 3.8) is 0 Å². The molecule has 1 aromatic carbocycles. The zero-order chi connectivity index (χ0) is 14.7. The standard InChI is InChI=1S/C16H25FN2O/c1-11(18)16(14-5-3-4-6-15(14)17)19-9-7-13(8-10-19)12(2)20/h3-6,11-13,16,20H,7-10,18H2,1-2H3. The van der Waals surface area contributed by atoms with Crippen LogP contribution in [0.2, 0.25) is 0 Å². The van der Waals surface area contributed by atoms with Gasteiger partial charge in [-0.1, -0.05) is 18.2 Å². The third-order valence-corrected chi connectivity index (χ3v) is 4.37. The van der Waals surface area contributed by atoms with Crippen LogP contribution in [0.4, 0.5) is 4.39 Å². The van der Waals surface area contributed by atoms with Gasteiger partial charge < -0.3 is 10.8 Å². The van der Waals surface area contributed by atoms with Gasteiger partial charge in [0.05, 0.1) is 12.1 Å². The van der Waals surface area contributed by atoms with Gasteiger partial charge in [0.25, 0.3) is 0 Å². The van der Waals surface area contributed by atoms with Crippen molar-refractivity contribution in [3.05, 3.63) is 35.6 Å². The van der Waals surface area contributed by atoms with Crippen LogP contribution in [-0.2, 0) is 0 Å². The van der Waals surface area contributed by atoms with E-state index in [4.69, 9.17) is 5.73 Å². The molecule has 0 spiro atoms. The van der Waals surface area contributed by atoms with Crippen LogP contribution in [0.25, 0.3) is 0 Å². The largest absolute Gasteiger partial charge is 0.393 e. The molecule has 4 heteroatoms. The summed E-state index contributed by atoms with van der Waals surface area (Å²) in [6.07, 6.45) is 1.62. The number of halogens is 1. The molecule has 1 aliphatic rings. The van der Waals surface area contributed by atoms with E-state index in [1.54, 1.807) is 6.07 Å². The lowest BCUT2D eigenvalue weighted by atomic mass is 9.89. The van der Waals surface area contributed by atoms with Gasteiger partial charge in [-0.3, -0.25) is 4.90 Å². The second-order valence-corrected chi connectivity index (χ2v) is 5.94. The highest BCUT2D eigenvalue weighted by atomic mass is 19.1. The van der Waals surface area contributed by atoms with Gasteiger partial charge in [-0.15, -0.1) is 0 Å². The molecule has 20 heavy (non-hydrogen) atoms. The predicted molar refractivity (Wildman–Crippen MR) is 78.8 cm³/mol. The lowest BCUT2D eigenvalue weighted by molar-refractivity contribution is 0.0504. The van der Waals surface area contributed by atoms with E-state index in [0.29, 0.717) is 11.5 Å². The van der Waals surface area contributed by atoms with E-state index in [2.05, 4.69) is 4.90 Å². The summed E-state index contributed by atoms with van der Waals surface area (Å²) in [7, 11) is 0. The normalized spacial score (nSPS) is 22.4. The van der Waals surface area contributed by atoms with E-state index in [1.165, 1.54) is 6.07 Å². The molecule has 3 N–H and O–H groups in total. The number of aliphatic hydroxyl groups excluding tert-OH is 1. The highest BCUT2D eigenvalue weighted by Gasteiger charge is 2.31. The molecule has 0 amide bonds. The van der Waals surface area contributed by atoms with Gasteiger partial charge >= 0.3 is 0 Å². The Hall–Kier alpha value is -0.970. The maximum Gasteiger partial charge on any atom is 0.128 e. The molecule has 0 aromatic heterocycles. The van der Waals surface area contributed by atoms with Crippen molar-refractivity contribution < 1.29 is 9.50 Å². The minimum atomic E-state index is -0.264. The number of hydrogen-bond acceptors (Lipinski definition) is 3. The first-order valence-electron chi connectivity index (χ1n) is 7.43. The van der Waals surface area contributed by atoms with Crippen molar-refractivity contribution in [3.8, 4) is 0 Å². The van der Waals surface area contributed by atoms with E-state index in [9.17, 15) is 9.50 Å². The van der Waals surface area contributed by atoms with Crippen molar-refractivity contribution in [2.45, 2.75) is 44.9 Å². The molecule has 0 saturated carbocycles. The fourth-order valence-electron chi connectivity index (χ4n) is 3.21. The van der Waals surface area contributed by atoms with Crippen LogP contribution in [0, 0.1) is 11.7 Å². The molecule has 1 aliphatic heterocycles. The van der Waals surface area contributed by atoms with E-state index in [-0.39, 0.29) is 24.0 Å². The lowest BCUT2D eigenvalue weighted by Crippen LogP contribution is -2.45. The van der Waals surface area contributed by atoms with E-state index < -0.39 is 0 Å². The first kappa shape index (κ1) is 15.4. The zero-order valence-electron chi connectivity index (χ0n) is 12.3. The van der Waals surface area contributed by atoms with Gasteiger partial charge in [-0.05, 0) is 51.8 Å². The molecule has 3 nitrogen and oxygen atoms in total. The predicted octanol–water partition coefficient (Wildman–Crippen LogP) is 2.31. The fraction of sp³-hybridized carbons (Fsp3) is 0.625. The lowest BCUT2D eigenvalue weighted by Gasteiger charge is -2.40. The molecule has 3 atom stereocenters. The zero-order valence-corrected chi connectivity index (χ0v) is 12.3. The van der Waals surface area contributed by atoms with Crippen LogP contribution < -0.4 is 5.73 Å². The van der Waals surface area contributed by atoms with Crippen molar-refractivity contribution in [1.82, 2.24) is 4.90 Å². The minimum absolute atomic E-state index is 0.0915. The Kier molecular flexibility index (Phi) is 5.13. The van der Waals surface area contributed by atoms with Crippen molar-refractivity contribution in [1.29, 1.82) is 0 Å². The number of likely N-dealkylation sites (tertiary alicyclic amines) is 1.